The van der Waals surface area contributed by atoms with Crippen molar-refractivity contribution in [1.82, 2.24) is 10.2 Å². The van der Waals surface area contributed by atoms with E-state index in [1.165, 1.54) is 4.90 Å². The molecule has 1 aliphatic rings. The molecule has 3 rings (SSSR count). The van der Waals surface area contributed by atoms with Crippen molar-refractivity contribution in [3.63, 3.8) is 0 Å². The molecule has 5 nitrogen and oxygen atoms in total. The number of thiocarbonyl (C=S) groups is 1. The molecule has 140 valence electrons. The summed E-state index contributed by atoms with van der Waals surface area (Å²) >= 11 is 14.5. The summed E-state index contributed by atoms with van der Waals surface area (Å²) < 4.78 is 12.1. The highest BCUT2D eigenvalue weighted by Crippen LogP contribution is 2.38. The van der Waals surface area contributed by atoms with Crippen LogP contribution in [0.3, 0.4) is 0 Å². The number of methoxy groups -OCH3 is 1. The molecule has 1 heterocycles. The van der Waals surface area contributed by atoms with Gasteiger partial charge in [-0.15, -0.1) is 0 Å². The first-order chi connectivity index (χ1) is 12.9. The highest BCUT2D eigenvalue weighted by Gasteiger charge is 2.27. The van der Waals surface area contributed by atoms with Crippen LogP contribution in [0.5, 0.6) is 11.5 Å². The van der Waals surface area contributed by atoms with E-state index in [1.807, 2.05) is 30.3 Å². The van der Waals surface area contributed by atoms with Crippen molar-refractivity contribution in [2.45, 2.75) is 6.61 Å². The Hall–Kier alpha value is -2.09. The number of hydrogen-bond donors (Lipinski definition) is 1. The van der Waals surface area contributed by atoms with Crippen LogP contribution in [0.25, 0.3) is 6.08 Å². The molecule has 1 saturated heterocycles. The number of halogens is 2. The molecule has 0 atom stereocenters. The second-order valence-corrected chi connectivity index (χ2v) is 7.48. The Balaban J connectivity index is 1.84. The number of carbonyl (C=O) groups excluding carboxylic acids is 1. The van der Waals surface area contributed by atoms with E-state index < -0.39 is 0 Å². The van der Waals surface area contributed by atoms with Crippen LogP contribution in [0, 0.1) is 0 Å². The molecule has 0 unspecified atom stereocenters. The SMILES string of the molecule is COc1cc(/C=C2\NC(=S)N(C)C2=O)cc(Br)c1OCc1ccc(Cl)cc1. The molecule has 0 radical (unpaired) electrons. The van der Waals surface area contributed by atoms with Crippen molar-refractivity contribution in [3.05, 3.63) is 62.7 Å². The number of nitrogens with one attached hydrogen (secondary N) is 1. The van der Waals surface area contributed by atoms with Gasteiger partial charge in [0.25, 0.3) is 5.91 Å². The summed E-state index contributed by atoms with van der Waals surface area (Å²) in [5.41, 5.74) is 2.16. The molecule has 0 aromatic heterocycles. The van der Waals surface area contributed by atoms with Crippen LogP contribution in [0.4, 0.5) is 0 Å². The second-order valence-electron chi connectivity index (χ2n) is 5.80. The Bertz CT molecular complexity index is 931. The quantitative estimate of drug-likeness (QED) is 0.522. The lowest BCUT2D eigenvalue weighted by Gasteiger charge is -2.14. The highest BCUT2D eigenvalue weighted by atomic mass is 79.9. The van der Waals surface area contributed by atoms with E-state index in [-0.39, 0.29) is 5.91 Å². The van der Waals surface area contributed by atoms with Gasteiger partial charge in [0, 0.05) is 12.1 Å². The maximum atomic E-state index is 12.1. The lowest BCUT2D eigenvalue weighted by Crippen LogP contribution is -2.25. The molecule has 1 aliphatic heterocycles. The smallest absolute Gasteiger partial charge is 0.276 e. The summed E-state index contributed by atoms with van der Waals surface area (Å²) in [4.78, 5) is 13.5. The van der Waals surface area contributed by atoms with Gasteiger partial charge in [-0.05, 0) is 69.6 Å². The highest BCUT2D eigenvalue weighted by molar-refractivity contribution is 9.10. The van der Waals surface area contributed by atoms with E-state index >= 15 is 0 Å². The Labute approximate surface area is 176 Å². The first-order valence-corrected chi connectivity index (χ1v) is 9.52. The fourth-order valence-electron chi connectivity index (χ4n) is 2.49. The van der Waals surface area contributed by atoms with Crippen LogP contribution in [0.2, 0.25) is 5.02 Å². The summed E-state index contributed by atoms with van der Waals surface area (Å²) in [5, 5.41) is 3.95. The number of rotatable bonds is 5. The van der Waals surface area contributed by atoms with Crippen LogP contribution < -0.4 is 14.8 Å². The van der Waals surface area contributed by atoms with Crippen molar-refractivity contribution in [2.24, 2.45) is 0 Å². The minimum absolute atomic E-state index is 0.182. The molecule has 0 spiro atoms. The van der Waals surface area contributed by atoms with E-state index in [1.54, 1.807) is 26.3 Å². The van der Waals surface area contributed by atoms with Crippen molar-refractivity contribution in [3.8, 4) is 11.5 Å². The van der Waals surface area contributed by atoms with Gasteiger partial charge in [0.05, 0.1) is 11.6 Å². The maximum Gasteiger partial charge on any atom is 0.276 e. The molecule has 1 N–H and O–H groups in total. The third-order valence-corrected chi connectivity index (χ3v) is 5.16. The number of amides is 1. The third-order valence-electron chi connectivity index (χ3n) is 3.94. The molecule has 0 saturated carbocycles. The third kappa shape index (κ3) is 4.43. The van der Waals surface area contributed by atoms with Crippen LogP contribution >= 0.6 is 39.7 Å². The van der Waals surface area contributed by atoms with Crippen LogP contribution in [-0.2, 0) is 11.4 Å². The fourth-order valence-corrected chi connectivity index (χ4v) is 3.38. The van der Waals surface area contributed by atoms with Gasteiger partial charge >= 0.3 is 0 Å². The standard InChI is InChI=1S/C19H16BrClN2O3S/c1-23-18(24)15(22-19(23)27)8-12-7-14(20)17(16(9-12)25-2)26-10-11-3-5-13(21)6-4-11/h3-9H,10H2,1-2H3,(H,22,27)/b15-8-. The Kier molecular flexibility index (Phi) is 6.04. The number of hydrogen-bond acceptors (Lipinski definition) is 4. The number of ether oxygens (including phenoxy) is 2. The Morgan fingerprint density at radius 1 is 1.30 bits per heavy atom. The van der Waals surface area contributed by atoms with Gasteiger partial charge in [-0.2, -0.15) is 0 Å². The molecule has 2 aromatic rings. The average Bonchev–Trinajstić information content (AvgIpc) is 2.88. The zero-order valence-electron chi connectivity index (χ0n) is 14.6. The minimum Gasteiger partial charge on any atom is -0.493 e. The lowest BCUT2D eigenvalue weighted by atomic mass is 10.1. The van der Waals surface area contributed by atoms with E-state index in [4.69, 9.17) is 33.3 Å². The topological polar surface area (TPSA) is 50.8 Å². The molecule has 0 aliphatic carbocycles. The number of carbonyl (C=O) groups is 1. The molecular weight excluding hydrogens is 452 g/mol. The fraction of sp³-hybridized carbons (Fsp3) is 0.158. The normalized spacial score (nSPS) is 15.3. The molecule has 27 heavy (non-hydrogen) atoms. The number of likely N-dealkylation sites (N-methyl/N-ethyl adjacent to an activating group) is 1. The minimum atomic E-state index is -0.182. The van der Waals surface area contributed by atoms with E-state index in [0.29, 0.717) is 38.4 Å². The zero-order valence-corrected chi connectivity index (χ0v) is 17.7. The molecule has 1 amide bonds. The summed E-state index contributed by atoms with van der Waals surface area (Å²) in [7, 11) is 3.19. The second kappa shape index (κ2) is 8.29. The number of nitrogens with zero attached hydrogens (tertiary/aromatic N) is 1. The molecule has 0 bridgehead atoms. The first-order valence-electron chi connectivity index (χ1n) is 7.94. The summed E-state index contributed by atoms with van der Waals surface area (Å²) in [6, 6.07) is 11.1. The predicted octanol–water partition coefficient (Wildman–Crippen LogP) is 4.38. The van der Waals surface area contributed by atoms with Gasteiger partial charge < -0.3 is 14.8 Å². The van der Waals surface area contributed by atoms with Gasteiger partial charge in [0.2, 0.25) is 0 Å². The van der Waals surface area contributed by atoms with E-state index in [9.17, 15) is 4.79 Å². The van der Waals surface area contributed by atoms with Crippen LogP contribution in [-0.4, -0.2) is 30.1 Å². The number of benzene rings is 2. The molecule has 1 fully saturated rings. The molecular formula is C19H16BrClN2O3S. The largest absolute Gasteiger partial charge is 0.493 e. The van der Waals surface area contributed by atoms with Gasteiger partial charge in [-0.1, -0.05) is 23.7 Å². The van der Waals surface area contributed by atoms with Crippen molar-refractivity contribution in [1.29, 1.82) is 0 Å². The Morgan fingerprint density at radius 3 is 2.59 bits per heavy atom. The molecule has 2 aromatic carbocycles. The van der Waals surface area contributed by atoms with E-state index in [2.05, 4.69) is 21.2 Å². The summed E-state index contributed by atoms with van der Waals surface area (Å²) in [5.74, 6) is 0.942. The summed E-state index contributed by atoms with van der Waals surface area (Å²) in [6.07, 6.45) is 1.72. The lowest BCUT2D eigenvalue weighted by molar-refractivity contribution is -0.121. The van der Waals surface area contributed by atoms with Crippen molar-refractivity contribution < 1.29 is 14.3 Å². The van der Waals surface area contributed by atoms with Gasteiger partial charge in [-0.25, -0.2) is 0 Å². The summed E-state index contributed by atoms with van der Waals surface area (Å²) in [6.45, 7) is 0.367. The average molecular weight is 468 g/mol. The van der Waals surface area contributed by atoms with Crippen LogP contribution in [0.1, 0.15) is 11.1 Å². The van der Waals surface area contributed by atoms with E-state index in [0.717, 1.165) is 11.1 Å². The van der Waals surface area contributed by atoms with Crippen molar-refractivity contribution >= 4 is 56.8 Å². The van der Waals surface area contributed by atoms with Gasteiger partial charge in [0.1, 0.15) is 12.3 Å². The van der Waals surface area contributed by atoms with Crippen molar-refractivity contribution in [2.75, 3.05) is 14.2 Å². The Morgan fingerprint density at radius 2 is 2.00 bits per heavy atom. The zero-order chi connectivity index (χ0) is 19.6. The maximum absolute atomic E-state index is 12.1. The first kappa shape index (κ1) is 19.7. The molecule has 8 heteroatoms. The monoisotopic (exact) mass is 466 g/mol. The van der Waals surface area contributed by atoms with Gasteiger partial charge in [-0.3, -0.25) is 9.69 Å². The van der Waals surface area contributed by atoms with Gasteiger partial charge in [0.15, 0.2) is 16.6 Å². The predicted molar refractivity (Wildman–Crippen MR) is 113 cm³/mol. The van der Waals surface area contributed by atoms with Crippen LogP contribution in [0.15, 0.2) is 46.6 Å².